The molecule has 0 fully saturated rings. The Morgan fingerprint density at radius 3 is 2.89 bits per heavy atom. The van der Waals surface area contributed by atoms with Gasteiger partial charge in [0, 0.05) is 12.4 Å². The maximum Gasteiger partial charge on any atom is 0.120 e. The van der Waals surface area contributed by atoms with Crippen molar-refractivity contribution in [2.75, 3.05) is 0 Å². The molecule has 0 unspecified atom stereocenters. The first-order valence-electron chi connectivity index (χ1n) is 6.00. The van der Waals surface area contributed by atoms with Crippen molar-refractivity contribution < 1.29 is 0 Å². The molecule has 0 radical (unpaired) electrons. The van der Waals surface area contributed by atoms with Gasteiger partial charge in [0.05, 0.1) is 29.6 Å². The molecule has 4 nitrogen and oxygen atoms in total. The van der Waals surface area contributed by atoms with Crippen molar-refractivity contribution in [3.05, 3.63) is 41.9 Å². The first-order valence-corrected chi connectivity index (χ1v) is 6.00. The van der Waals surface area contributed by atoms with E-state index in [1.165, 1.54) is 16.5 Å². The number of hydrogen-bond donors (Lipinski definition) is 2. The van der Waals surface area contributed by atoms with Gasteiger partial charge < -0.3 is 15.3 Å². The largest absolute Gasteiger partial charge is 0.342 e. The second kappa shape index (κ2) is 3.99. The zero-order valence-electron chi connectivity index (χ0n) is 10.6. The predicted molar refractivity (Wildman–Crippen MR) is 73.1 cm³/mol. The molecular formula is C14H16N4. The lowest BCUT2D eigenvalue weighted by atomic mass is 10.2. The Hall–Kier alpha value is -2.07. The highest BCUT2D eigenvalue weighted by atomic mass is 15.0. The Labute approximate surface area is 105 Å². The number of aromatic nitrogens is 3. The van der Waals surface area contributed by atoms with Crippen molar-refractivity contribution >= 4 is 10.9 Å². The third-order valence-corrected chi connectivity index (χ3v) is 3.36. The van der Waals surface area contributed by atoms with Crippen LogP contribution >= 0.6 is 0 Å². The summed E-state index contributed by atoms with van der Waals surface area (Å²) in [7, 11) is 2.08. The molecule has 0 spiro atoms. The highest BCUT2D eigenvalue weighted by molar-refractivity contribution is 5.88. The van der Waals surface area contributed by atoms with Gasteiger partial charge in [0.15, 0.2) is 0 Å². The van der Waals surface area contributed by atoms with Crippen molar-refractivity contribution in [2.24, 2.45) is 12.8 Å². The Balaban J connectivity index is 2.23. The topological polar surface area (TPSA) is 59.6 Å². The molecule has 0 amide bonds. The van der Waals surface area contributed by atoms with Crippen molar-refractivity contribution in [1.29, 1.82) is 0 Å². The normalized spacial score (nSPS) is 11.3. The van der Waals surface area contributed by atoms with Gasteiger partial charge in [0.1, 0.15) is 5.82 Å². The van der Waals surface area contributed by atoms with Gasteiger partial charge in [-0.1, -0.05) is 18.2 Å². The number of imidazole rings is 1. The van der Waals surface area contributed by atoms with Crippen LogP contribution in [0.5, 0.6) is 0 Å². The Bertz CT molecular complexity index is 706. The minimum Gasteiger partial charge on any atom is -0.342 e. The Kier molecular flexibility index (Phi) is 2.45. The van der Waals surface area contributed by atoms with E-state index in [2.05, 4.69) is 52.8 Å². The van der Waals surface area contributed by atoms with Gasteiger partial charge in [-0.05, 0) is 18.6 Å². The van der Waals surface area contributed by atoms with Gasteiger partial charge in [-0.15, -0.1) is 0 Å². The zero-order valence-corrected chi connectivity index (χ0v) is 10.6. The first-order chi connectivity index (χ1) is 8.70. The minimum atomic E-state index is 0.434. The molecule has 0 aliphatic carbocycles. The summed E-state index contributed by atoms with van der Waals surface area (Å²) in [6.07, 6.45) is 1.84. The summed E-state index contributed by atoms with van der Waals surface area (Å²) in [6.45, 7) is 2.56. The molecule has 3 aromatic rings. The molecule has 18 heavy (non-hydrogen) atoms. The molecular weight excluding hydrogens is 224 g/mol. The van der Waals surface area contributed by atoms with Crippen LogP contribution in [0.15, 0.2) is 30.5 Å². The lowest BCUT2D eigenvalue weighted by Crippen LogP contribution is -1.98. The van der Waals surface area contributed by atoms with Crippen LogP contribution in [0.1, 0.15) is 11.4 Å². The van der Waals surface area contributed by atoms with Crippen LogP contribution in [0, 0.1) is 6.92 Å². The maximum absolute atomic E-state index is 5.58. The number of nitrogens with one attached hydrogen (secondary N) is 1. The summed E-state index contributed by atoms with van der Waals surface area (Å²) in [5.41, 5.74) is 10.3. The number of fused-ring (bicyclic) bond motifs is 1. The summed E-state index contributed by atoms with van der Waals surface area (Å²) >= 11 is 0. The predicted octanol–water partition coefficient (Wildman–Crippen LogP) is 2.34. The number of hydrogen-bond acceptors (Lipinski definition) is 2. The van der Waals surface area contributed by atoms with E-state index in [9.17, 15) is 0 Å². The van der Waals surface area contributed by atoms with Crippen LogP contribution in [0.2, 0.25) is 0 Å². The van der Waals surface area contributed by atoms with Crippen LogP contribution in [0.4, 0.5) is 0 Å². The second-order valence-corrected chi connectivity index (χ2v) is 4.55. The smallest absolute Gasteiger partial charge is 0.120 e. The van der Waals surface area contributed by atoms with Gasteiger partial charge in [-0.2, -0.15) is 0 Å². The standard InChI is InChI=1S/C14H16N4/c1-9-4-3-5-10-6-12(18(2)14(9)10)11-8-16-13(7-15)17-11/h3-6,8H,7,15H2,1-2H3,(H,16,17). The number of nitrogens with two attached hydrogens (primary N) is 1. The molecule has 0 bridgehead atoms. The van der Waals surface area contributed by atoms with E-state index >= 15 is 0 Å². The molecule has 3 N–H and O–H groups in total. The summed E-state index contributed by atoms with van der Waals surface area (Å²) < 4.78 is 2.19. The Morgan fingerprint density at radius 1 is 1.39 bits per heavy atom. The van der Waals surface area contributed by atoms with Crippen molar-refractivity contribution in [3.63, 3.8) is 0 Å². The molecule has 0 atom stereocenters. The molecule has 2 aromatic heterocycles. The van der Waals surface area contributed by atoms with Crippen molar-refractivity contribution in [3.8, 4) is 11.4 Å². The van der Waals surface area contributed by atoms with E-state index in [1.54, 1.807) is 0 Å². The molecule has 3 rings (SSSR count). The lowest BCUT2D eigenvalue weighted by molar-refractivity contribution is 0.940. The van der Waals surface area contributed by atoms with E-state index in [0.29, 0.717) is 6.54 Å². The highest BCUT2D eigenvalue weighted by Crippen LogP contribution is 2.27. The molecule has 92 valence electrons. The van der Waals surface area contributed by atoms with Crippen molar-refractivity contribution in [1.82, 2.24) is 14.5 Å². The SMILES string of the molecule is Cc1cccc2cc(-c3cnc(CN)[nH]3)n(C)c12. The first kappa shape index (κ1) is 11.0. The summed E-state index contributed by atoms with van der Waals surface area (Å²) in [5.74, 6) is 0.812. The fourth-order valence-corrected chi connectivity index (χ4v) is 2.48. The highest BCUT2D eigenvalue weighted by Gasteiger charge is 2.11. The third-order valence-electron chi connectivity index (χ3n) is 3.36. The molecule has 1 aromatic carbocycles. The number of aromatic amines is 1. The van der Waals surface area contributed by atoms with Gasteiger partial charge in [-0.3, -0.25) is 0 Å². The molecule has 2 heterocycles. The van der Waals surface area contributed by atoms with Crippen LogP contribution in [0.25, 0.3) is 22.3 Å². The second-order valence-electron chi connectivity index (χ2n) is 4.55. The van der Waals surface area contributed by atoms with Crippen LogP contribution in [-0.2, 0) is 13.6 Å². The average molecular weight is 240 g/mol. The molecule has 0 aliphatic heterocycles. The van der Waals surface area contributed by atoms with Gasteiger partial charge in [-0.25, -0.2) is 4.98 Å². The van der Waals surface area contributed by atoms with E-state index in [0.717, 1.165) is 17.2 Å². The van der Waals surface area contributed by atoms with Crippen molar-refractivity contribution in [2.45, 2.75) is 13.5 Å². The van der Waals surface area contributed by atoms with E-state index in [1.807, 2.05) is 6.20 Å². The van der Waals surface area contributed by atoms with E-state index in [4.69, 9.17) is 5.73 Å². The fraction of sp³-hybridized carbons (Fsp3) is 0.214. The molecule has 0 saturated heterocycles. The summed E-state index contributed by atoms with van der Waals surface area (Å²) in [6, 6.07) is 8.52. The summed E-state index contributed by atoms with van der Waals surface area (Å²) in [4.78, 5) is 7.49. The average Bonchev–Trinajstić information content (AvgIpc) is 2.94. The van der Waals surface area contributed by atoms with Crippen LogP contribution < -0.4 is 5.73 Å². The van der Waals surface area contributed by atoms with Gasteiger partial charge >= 0.3 is 0 Å². The number of H-pyrrole nitrogens is 1. The van der Waals surface area contributed by atoms with Crippen LogP contribution in [-0.4, -0.2) is 14.5 Å². The minimum absolute atomic E-state index is 0.434. The van der Waals surface area contributed by atoms with Gasteiger partial charge in [0.25, 0.3) is 0 Å². The van der Waals surface area contributed by atoms with Gasteiger partial charge in [0.2, 0.25) is 0 Å². The number of nitrogens with zero attached hydrogens (tertiary/aromatic N) is 2. The zero-order chi connectivity index (χ0) is 12.7. The van der Waals surface area contributed by atoms with Crippen LogP contribution in [0.3, 0.4) is 0 Å². The fourth-order valence-electron chi connectivity index (χ4n) is 2.48. The monoisotopic (exact) mass is 240 g/mol. The van der Waals surface area contributed by atoms with E-state index in [-0.39, 0.29) is 0 Å². The number of rotatable bonds is 2. The molecule has 0 aliphatic rings. The summed E-state index contributed by atoms with van der Waals surface area (Å²) in [5, 5.41) is 1.25. The molecule has 4 heteroatoms. The number of benzene rings is 1. The quantitative estimate of drug-likeness (QED) is 0.722. The molecule has 0 saturated carbocycles. The van der Waals surface area contributed by atoms with E-state index < -0.39 is 0 Å². The third kappa shape index (κ3) is 1.54. The maximum atomic E-state index is 5.58. The lowest BCUT2D eigenvalue weighted by Gasteiger charge is -2.03. The number of para-hydroxylation sites is 1. The number of aryl methyl sites for hydroxylation is 2. The Morgan fingerprint density at radius 2 is 2.22 bits per heavy atom.